The first-order chi connectivity index (χ1) is 9.79. The van der Waals surface area contributed by atoms with E-state index in [2.05, 4.69) is 15.1 Å². The molecule has 20 heavy (non-hydrogen) atoms. The molecule has 0 bridgehead atoms. The second-order valence-electron chi connectivity index (χ2n) is 4.76. The zero-order valence-electron chi connectivity index (χ0n) is 10.5. The first kappa shape index (κ1) is 11.9. The standard InChI is InChI=1S/C13H11ClN4O2/c14-9-1-2-11-15-10(6-18(11)5-9)13-16-12(17-20-13)8-3-4-19-7-8/h1-2,5-6,8H,3-4,7H2/t8-/m1/s1. The molecular formula is C13H11ClN4O2. The Labute approximate surface area is 119 Å². The van der Waals surface area contributed by atoms with E-state index in [0.717, 1.165) is 18.7 Å². The fraction of sp³-hybridized carbons (Fsp3) is 0.308. The zero-order chi connectivity index (χ0) is 13.5. The van der Waals surface area contributed by atoms with Crippen LogP contribution in [0.2, 0.25) is 5.02 Å². The van der Waals surface area contributed by atoms with E-state index < -0.39 is 0 Å². The van der Waals surface area contributed by atoms with Gasteiger partial charge in [-0.3, -0.25) is 0 Å². The summed E-state index contributed by atoms with van der Waals surface area (Å²) in [6, 6.07) is 3.64. The van der Waals surface area contributed by atoms with Gasteiger partial charge in [0.05, 0.1) is 11.6 Å². The SMILES string of the molecule is Clc1ccc2nc(-c3nc([C@@H]4CCOC4)no3)cn2c1. The van der Waals surface area contributed by atoms with Crippen LogP contribution in [0.25, 0.3) is 17.2 Å². The smallest absolute Gasteiger partial charge is 0.278 e. The van der Waals surface area contributed by atoms with Gasteiger partial charge in [0.1, 0.15) is 11.3 Å². The second kappa shape index (κ2) is 4.57. The molecule has 0 aliphatic carbocycles. The van der Waals surface area contributed by atoms with Crippen molar-refractivity contribution >= 4 is 17.2 Å². The molecule has 4 rings (SSSR count). The number of aromatic nitrogens is 4. The maximum absolute atomic E-state index is 5.95. The third-order valence-electron chi connectivity index (χ3n) is 3.37. The van der Waals surface area contributed by atoms with E-state index in [0.29, 0.717) is 29.0 Å². The number of pyridine rings is 1. The molecule has 3 aromatic rings. The summed E-state index contributed by atoms with van der Waals surface area (Å²) < 4.78 is 12.5. The lowest BCUT2D eigenvalue weighted by Crippen LogP contribution is -1.99. The van der Waals surface area contributed by atoms with Crippen molar-refractivity contribution in [1.82, 2.24) is 19.5 Å². The minimum atomic E-state index is 0.221. The average molecular weight is 291 g/mol. The molecule has 0 spiro atoms. The number of hydrogen-bond donors (Lipinski definition) is 0. The van der Waals surface area contributed by atoms with Crippen molar-refractivity contribution in [2.24, 2.45) is 0 Å². The monoisotopic (exact) mass is 290 g/mol. The van der Waals surface area contributed by atoms with E-state index in [-0.39, 0.29) is 5.92 Å². The molecular weight excluding hydrogens is 280 g/mol. The predicted octanol–water partition coefficient (Wildman–Crippen LogP) is 2.54. The van der Waals surface area contributed by atoms with Gasteiger partial charge in [-0.2, -0.15) is 4.98 Å². The Hall–Kier alpha value is -1.92. The highest BCUT2D eigenvalue weighted by molar-refractivity contribution is 6.30. The van der Waals surface area contributed by atoms with Gasteiger partial charge < -0.3 is 13.7 Å². The summed E-state index contributed by atoms with van der Waals surface area (Å²) in [5.41, 5.74) is 1.43. The third kappa shape index (κ3) is 1.97. The maximum Gasteiger partial charge on any atom is 0.278 e. The summed E-state index contributed by atoms with van der Waals surface area (Å²) in [6.07, 6.45) is 4.54. The van der Waals surface area contributed by atoms with E-state index in [1.54, 1.807) is 12.3 Å². The molecule has 0 radical (unpaired) electrons. The highest BCUT2D eigenvalue weighted by Crippen LogP contribution is 2.25. The van der Waals surface area contributed by atoms with Crippen LogP contribution in [0.4, 0.5) is 0 Å². The molecule has 1 fully saturated rings. The Kier molecular flexibility index (Phi) is 2.71. The van der Waals surface area contributed by atoms with Gasteiger partial charge in [0.15, 0.2) is 5.82 Å². The molecule has 0 unspecified atom stereocenters. The largest absolute Gasteiger partial charge is 0.381 e. The molecule has 3 aromatic heterocycles. The van der Waals surface area contributed by atoms with Crippen LogP contribution in [-0.2, 0) is 4.74 Å². The van der Waals surface area contributed by atoms with Crippen LogP contribution >= 0.6 is 11.6 Å². The van der Waals surface area contributed by atoms with Crippen molar-refractivity contribution in [2.75, 3.05) is 13.2 Å². The number of halogens is 1. The minimum Gasteiger partial charge on any atom is -0.381 e. The number of rotatable bonds is 2. The Morgan fingerprint density at radius 3 is 3.05 bits per heavy atom. The predicted molar refractivity (Wildman–Crippen MR) is 71.7 cm³/mol. The van der Waals surface area contributed by atoms with Crippen LogP contribution in [0.1, 0.15) is 18.2 Å². The maximum atomic E-state index is 5.95. The van der Waals surface area contributed by atoms with E-state index in [1.807, 2.05) is 16.7 Å². The lowest BCUT2D eigenvalue weighted by Gasteiger charge is -1.97. The molecule has 0 amide bonds. The van der Waals surface area contributed by atoms with Gasteiger partial charge in [-0.1, -0.05) is 16.8 Å². The first-order valence-electron chi connectivity index (χ1n) is 6.35. The van der Waals surface area contributed by atoms with Gasteiger partial charge in [0.25, 0.3) is 5.89 Å². The highest BCUT2D eigenvalue weighted by atomic mass is 35.5. The minimum absolute atomic E-state index is 0.221. The van der Waals surface area contributed by atoms with Gasteiger partial charge >= 0.3 is 0 Å². The van der Waals surface area contributed by atoms with Gasteiger partial charge in [-0.05, 0) is 18.6 Å². The fourth-order valence-electron chi connectivity index (χ4n) is 2.31. The number of hydrogen-bond acceptors (Lipinski definition) is 5. The van der Waals surface area contributed by atoms with E-state index >= 15 is 0 Å². The summed E-state index contributed by atoms with van der Waals surface area (Å²) in [6.45, 7) is 1.40. The van der Waals surface area contributed by atoms with Gasteiger partial charge in [-0.25, -0.2) is 4.98 Å². The van der Waals surface area contributed by atoms with Crippen molar-refractivity contribution in [1.29, 1.82) is 0 Å². The molecule has 0 aromatic carbocycles. The number of nitrogens with zero attached hydrogens (tertiary/aromatic N) is 4. The van der Waals surface area contributed by atoms with Crippen molar-refractivity contribution in [2.45, 2.75) is 12.3 Å². The van der Waals surface area contributed by atoms with E-state index in [1.165, 1.54) is 0 Å². The lowest BCUT2D eigenvalue weighted by atomic mass is 10.1. The van der Waals surface area contributed by atoms with Crippen molar-refractivity contribution < 1.29 is 9.26 Å². The molecule has 1 atom stereocenters. The Morgan fingerprint density at radius 1 is 1.25 bits per heavy atom. The van der Waals surface area contributed by atoms with Gasteiger partial charge in [-0.15, -0.1) is 0 Å². The lowest BCUT2D eigenvalue weighted by molar-refractivity contribution is 0.192. The van der Waals surface area contributed by atoms with Crippen molar-refractivity contribution in [3.63, 3.8) is 0 Å². The fourth-order valence-corrected chi connectivity index (χ4v) is 2.48. The number of imidazole rings is 1. The molecule has 1 saturated heterocycles. The van der Waals surface area contributed by atoms with Crippen LogP contribution in [0.5, 0.6) is 0 Å². The molecule has 102 valence electrons. The van der Waals surface area contributed by atoms with E-state index in [9.17, 15) is 0 Å². The van der Waals surface area contributed by atoms with Crippen LogP contribution in [0, 0.1) is 0 Å². The van der Waals surface area contributed by atoms with Crippen LogP contribution in [-0.4, -0.2) is 32.7 Å². The molecule has 6 nitrogen and oxygen atoms in total. The second-order valence-corrected chi connectivity index (χ2v) is 5.19. The number of ether oxygens (including phenoxy) is 1. The van der Waals surface area contributed by atoms with Crippen LogP contribution < -0.4 is 0 Å². The third-order valence-corrected chi connectivity index (χ3v) is 3.59. The molecule has 0 saturated carbocycles. The van der Waals surface area contributed by atoms with Gasteiger partial charge in [0.2, 0.25) is 0 Å². The Balaban J connectivity index is 1.71. The van der Waals surface area contributed by atoms with Crippen molar-refractivity contribution in [3.8, 4) is 11.6 Å². The Morgan fingerprint density at radius 2 is 2.20 bits per heavy atom. The molecule has 4 heterocycles. The van der Waals surface area contributed by atoms with Gasteiger partial charge in [0, 0.05) is 24.9 Å². The summed E-state index contributed by atoms with van der Waals surface area (Å²) >= 11 is 5.95. The molecule has 7 heteroatoms. The summed E-state index contributed by atoms with van der Waals surface area (Å²) in [4.78, 5) is 8.85. The average Bonchev–Trinajstić information content (AvgIpc) is 3.17. The molecule has 1 aliphatic heterocycles. The quantitative estimate of drug-likeness (QED) is 0.725. The number of fused-ring (bicyclic) bond motifs is 1. The van der Waals surface area contributed by atoms with Crippen LogP contribution in [0.15, 0.2) is 29.0 Å². The summed E-state index contributed by atoms with van der Waals surface area (Å²) in [5, 5.41) is 4.67. The molecule has 1 aliphatic rings. The first-order valence-corrected chi connectivity index (χ1v) is 6.73. The Bertz CT molecular complexity index is 761. The van der Waals surface area contributed by atoms with Crippen LogP contribution in [0.3, 0.4) is 0 Å². The van der Waals surface area contributed by atoms with E-state index in [4.69, 9.17) is 20.9 Å². The van der Waals surface area contributed by atoms with Crippen molar-refractivity contribution in [3.05, 3.63) is 35.4 Å². The topological polar surface area (TPSA) is 65.5 Å². The normalized spacial score (nSPS) is 18.9. The highest BCUT2D eigenvalue weighted by Gasteiger charge is 2.24. The zero-order valence-corrected chi connectivity index (χ0v) is 11.2. The summed E-state index contributed by atoms with van der Waals surface area (Å²) in [7, 11) is 0. The molecule has 0 N–H and O–H groups in total. The summed E-state index contributed by atoms with van der Waals surface area (Å²) in [5.74, 6) is 1.33.